The summed E-state index contributed by atoms with van der Waals surface area (Å²) in [4.78, 5) is 34.8. The highest BCUT2D eigenvalue weighted by Crippen LogP contribution is 2.22. The summed E-state index contributed by atoms with van der Waals surface area (Å²) in [5.74, 6) is -4.43. The van der Waals surface area contributed by atoms with E-state index in [1.165, 1.54) is 7.05 Å². The van der Waals surface area contributed by atoms with Crippen molar-refractivity contribution in [3.63, 3.8) is 0 Å². The Morgan fingerprint density at radius 2 is 2.05 bits per heavy atom. The first-order chi connectivity index (χ1) is 9.31. The van der Waals surface area contributed by atoms with E-state index < -0.39 is 35.7 Å². The molecule has 0 spiro atoms. The van der Waals surface area contributed by atoms with Crippen LogP contribution in [0.1, 0.15) is 0 Å². The fourth-order valence-electron chi connectivity index (χ4n) is 1.49. The van der Waals surface area contributed by atoms with Crippen LogP contribution in [0, 0.1) is 10.8 Å². The molecule has 0 aromatic carbocycles. The molecule has 0 saturated carbocycles. The van der Waals surface area contributed by atoms with Gasteiger partial charge in [0.15, 0.2) is 0 Å². The summed E-state index contributed by atoms with van der Waals surface area (Å²) in [6, 6.07) is 0. The highest BCUT2D eigenvalue weighted by Gasteiger charge is 2.36. The predicted molar refractivity (Wildman–Crippen MR) is 67.7 cm³/mol. The van der Waals surface area contributed by atoms with Gasteiger partial charge in [0.1, 0.15) is 23.7 Å². The zero-order valence-corrected chi connectivity index (χ0v) is 10.4. The average molecular weight is 280 g/mol. The van der Waals surface area contributed by atoms with Gasteiger partial charge in [0.05, 0.1) is 5.57 Å². The molecule has 1 aliphatic heterocycles. The van der Waals surface area contributed by atoms with Gasteiger partial charge in [0.25, 0.3) is 11.8 Å². The van der Waals surface area contributed by atoms with Gasteiger partial charge >= 0.3 is 5.97 Å². The maximum atomic E-state index is 11.9. The number of carboxylic acids is 1. The Bertz CT molecular complexity index is 575. The first-order valence-corrected chi connectivity index (χ1v) is 5.32. The average Bonchev–Trinajstić information content (AvgIpc) is 2.39. The van der Waals surface area contributed by atoms with Crippen LogP contribution < -0.4 is 5.32 Å². The largest absolute Gasteiger partial charge is 0.506 e. The Morgan fingerprint density at radius 1 is 1.45 bits per heavy atom. The van der Waals surface area contributed by atoms with E-state index in [4.69, 9.17) is 15.9 Å². The number of rotatable bonds is 4. The van der Waals surface area contributed by atoms with Crippen LogP contribution in [-0.4, -0.2) is 58.5 Å². The summed E-state index contributed by atoms with van der Waals surface area (Å²) in [7, 11) is 1.22. The number of nitrogens with one attached hydrogen (secondary N) is 3. The van der Waals surface area contributed by atoms with Crippen LogP contribution in [0.25, 0.3) is 0 Å². The lowest BCUT2D eigenvalue weighted by molar-refractivity contribution is -0.138. The van der Waals surface area contributed by atoms with Gasteiger partial charge in [-0.1, -0.05) is 0 Å². The lowest BCUT2D eigenvalue weighted by Gasteiger charge is -2.26. The van der Waals surface area contributed by atoms with E-state index in [1.807, 2.05) is 5.32 Å². The van der Waals surface area contributed by atoms with Gasteiger partial charge < -0.3 is 20.9 Å². The summed E-state index contributed by atoms with van der Waals surface area (Å²) in [5.41, 5.74) is -0.847. The van der Waals surface area contributed by atoms with Crippen LogP contribution >= 0.6 is 0 Å². The predicted octanol–water partition coefficient (Wildman–Crippen LogP) is -0.975. The van der Waals surface area contributed by atoms with Crippen molar-refractivity contribution in [2.75, 3.05) is 13.6 Å². The van der Waals surface area contributed by atoms with Gasteiger partial charge in [-0.3, -0.25) is 24.7 Å². The fraction of sp³-hybridized carbons (Fsp3) is 0.182. The second-order valence-corrected chi connectivity index (χ2v) is 3.76. The number of carbonyl (C=O) groups is 3. The number of likely N-dealkylation sites (N-methyl/N-ethyl adjacent to an activating group) is 1. The van der Waals surface area contributed by atoms with E-state index in [0.717, 1.165) is 17.2 Å². The third kappa shape index (κ3) is 2.71. The van der Waals surface area contributed by atoms with Crippen LogP contribution in [0.15, 0.2) is 23.0 Å². The van der Waals surface area contributed by atoms with Crippen LogP contribution in [0.5, 0.6) is 0 Å². The van der Waals surface area contributed by atoms with Crippen LogP contribution in [-0.2, 0) is 14.4 Å². The van der Waals surface area contributed by atoms with Gasteiger partial charge in [0.2, 0.25) is 0 Å². The molecular weight excluding hydrogens is 268 g/mol. The minimum Gasteiger partial charge on any atom is -0.506 e. The highest BCUT2D eigenvalue weighted by molar-refractivity contribution is 6.28. The molecule has 0 bridgehead atoms. The number of aliphatic hydroxyl groups is 1. The number of carboxylic acid groups (broad SMARTS) is 1. The molecule has 0 fully saturated rings. The normalized spacial score (nSPS) is 17.4. The lowest BCUT2D eigenvalue weighted by atomic mass is 10.0. The van der Waals surface area contributed by atoms with Gasteiger partial charge in [-0.2, -0.15) is 0 Å². The van der Waals surface area contributed by atoms with Gasteiger partial charge in [-0.15, -0.1) is 0 Å². The molecule has 9 heteroatoms. The van der Waals surface area contributed by atoms with E-state index in [9.17, 15) is 19.5 Å². The molecule has 0 atom stereocenters. The molecule has 0 aromatic rings. The maximum absolute atomic E-state index is 11.9. The Hall–Kier alpha value is -2.97. The van der Waals surface area contributed by atoms with Gasteiger partial charge in [-0.25, -0.2) is 0 Å². The number of hydrogen-bond donors (Lipinski definition) is 5. The van der Waals surface area contributed by atoms with E-state index >= 15 is 0 Å². The Labute approximate surface area is 113 Å². The number of allylic oxidation sites excluding steroid dienone is 1. The van der Waals surface area contributed by atoms with E-state index in [0.29, 0.717) is 0 Å². The molecule has 20 heavy (non-hydrogen) atoms. The molecule has 5 N–H and O–H groups in total. The summed E-state index contributed by atoms with van der Waals surface area (Å²) in [5, 5.41) is 34.8. The number of amidine groups is 1. The number of hydrogen-bond acceptors (Lipinski definition) is 6. The lowest BCUT2D eigenvalue weighted by Crippen LogP contribution is -2.45. The standard InChI is InChI=1S/C11H12N4O5/c1-15-9(13)5(2-3-12)8(18)7(11(15)20)10(19)14-4-6(16)17/h2-3,12-13,18H,4H2,1H3,(H,14,19)(H,16,17)/b5-2-,12-3?,13-9?. The third-order valence-electron chi connectivity index (χ3n) is 2.48. The van der Waals surface area contributed by atoms with Crippen molar-refractivity contribution in [2.45, 2.75) is 0 Å². The summed E-state index contributed by atoms with van der Waals surface area (Å²) < 4.78 is 0. The SMILES string of the molecule is CN1C(=N)/C(=C\C=N)C(O)=C(C(=O)NCC(=O)O)C1=O. The highest BCUT2D eigenvalue weighted by atomic mass is 16.4. The summed E-state index contributed by atoms with van der Waals surface area (Å²) in [6.45, 7) is -0.715. The summed E-state index contributed by atoms with van der Waals surface area (Å²) >= 11 is 0. The number of aliphatic carboxylic acids is 1. The zero-order chi connectivity index (χ0) is 15.4. The molecule has 1 heterocycles. The topological polar surface area (TPSA) is 155 Å². The maximum Gasteiger partial charge on any atom is 0.322 e. The summed E-state index contributed by atoms with van der Waals surface area (Å²) in [6.07, 6.45) is 1.83. The zero-order valence-electron chi connectivity index (χ0n) is 10.4. The number of nitrogens with zero attached hydrogens (tertiary/aromatic N) is 1. The smallest absolute Gasteiger partial charge is 0.322 e. The molecule has 9 nitrogen and oxygen atoms in total. The third-order valence-corrected chi connectivity index (χ3v) is 2.48. The van der Waals surface area contributed by atoms with Crippen molar-refractivity contribution < 1.29 is 24.6 Å². The van der Waals surface area contributed by atoms with E-state index in [-0.39, 0.29) is 11.4 Å². The molecule has 0 radical (unpaired) electrons. The van der Waals surface area contributed by atoms with Crippen LogP contribution in [0.2, 0.25) is 0 Å². The van der Waals surface area contributed by atoms with E-state index in [1.54, 1.807) is 0 Å². The molecule has 106 valence electrons. The van der Waals surface area contributed by atoms with Crippen LogP contribution in [0.4, 0.5) is 0 Å². The number of carbonyl (C=O) groups excluding carboxylic acids is 2. The quantitative estimate of drug-likeness (QED) is 0.331. The van der Waals surface area contributed by atoms with Crippen molar-refractivity contribution in [3.8, 4) is 0 Å². The minimum atomic E-state index is -1.31. The molecule has 0 unspecified atom stereocenters. The molecule has 0 aromatic heterocycles. The van der Waals surface area contributed by atoms with Gasteiger partial charge in [-0.05, 0) is 6.08 Å². The van der Waals surface area contributed by atoms with Crippen molar-refractivity contribution in [2.24, 2.45) is 0 Å². The van der Waals surface area contributed by atoms with Crippen LogP contribution in [0.3, 0.4) is 0 Å². The monoisotopic (exact) mass is 280 g/mol. The minimum absolute atomic E-state index is 0.178. The first-order valence-electron chi connectivity index (χ1n) is 5.32. The Kier molecular flexibility index (Phi) is 4.36. The Morgan fingerprint density at radius 3 is 2.55 bits per heavy atom. The second kappa shape index (κ2) is 5.78. The van der Waals surface area contributed by atoms with Crippen molar-refractivity contribution in [1.29, 1.82) is 10.8 Å². The number of aliphatic hydroxyl groups excluding tert-OH is 1. The second-order valence-electron chi connectivity index (χ2n) is 3.76. The van der Waals surface area contributed by atoms with Gasteiger partial charge in [0, 0.05) is 13.3 Å². The fourth-order valence-corrected chi connectivity index (χ4v) is 1.49. The van der Waals surface area contributed by atoms with E-state index in [2.05, 4.69) is 0 Å². The molecule has 1 aliphatic rings. The molecule has 2 amide bonds. The van der Waals surface area contributed by atoms with Crippen molar-refractivity contribution in [3.05, 3.63) is 23.0 Å². The molecule has 0 aliphatic carbocycles. The first kappa shape index (κ1) is 15.1. The molecule has 0 saturated heterocycles. The Balaban J connectivity index is 3.25. The molecular formula is C11H12N4O5. The number of amides is 2. The van der Waals surface area contributed by atoms with Crippen molar-refractivity contribution >= 4 is 29.8 Å². The van der Waals surface area contributed by atoms with Crippen molar-refractivity contribution in [1.82, 2.24) is 10.2 Å². The molecule has 1 rings (SSSR count).